The fourth-order valence-corrected chi connectivity index (χ4v) is 0.660. The van der Waals surface area contributed by atoms with Gasteiger partial charge in [-0.3, -0.25) is 4.79 Å². The molecule has 0 bridgehead atoms. The molecule has 0 N–H and O–H groups in total. The van der Waals surface area contributed by atoms with Crippen molar-refractivity contribution < 1.29 is 9.53 Å². The summed E-state index contributed by atoms with van der Waals surface area (Å²) in [6, 6.07) is 1.90. The Kier molecular flexibility index (Phi) is 5.11. The van der Waals surface area contributed by atoms with Crippen molar-refractivity contribution >= 4 is 5.97 Å². The molecule has 0 aromatic carbocycles. The summed E-state index contributed by atoms with van der Waals surface area (Å²) < 4.78 is 4.89. The molecule has 0 aliphatic heterocycles. The molecule has 0 rings (SSSR count). The molecule has 0 aromatic heterocycles. The zero-order valence-electron chi connectivity index (χ0n) is 7.83. The fourth-order valence-electron chi connectivity index (χ4n) is 0.660. The van der Waals surface area contributed by atoms with Crippen molar-refractivity contribution in [2.24, 2.45) is 11.8 Å². The number of nitrogens with zero attached hydrogens (tertiary/aromatic N) is 1. The van der Waals surface area contributed by atoms with Crippen LogP contribution in [0.25, 0.3) is 0 Å². The zero-order valence-corrected chi connectivity index (χ0v) is 7.83. The van der Waals surface area contributed by atoms with E-state index in [2.05, 4.69) is 0 Å². The Morgan fingerprint density at radius 2 is 2.17 bits per heavy atom. The minimum atomic E-state index is -0.594. The molecular formula is C9H15NO2. The van der Waals surface area contributed by atoms with Crippen LogP contribution in [0.3, 0.4) is 0 Å². The van der Waals surface area contributed by atoms with Gasteiger partial charge in [0.05, 0.1) is 12.7 Å². The molecule has 0 saturated carbocycles. The van der Waals surface area contributed by atoms with Crippen LogP contribution in [-0.2, 0) is 9.53 Å². The summed E-state index contributed by atoms with van der Waals surface area (Å²) in [7, 11) is 0. The Morgan fingerprint density at radius 1 is 1.58 bits per heavy atom. The summed E-state index contributed by atoms with van der Waals surface area (Å²) in [4.78, 5) is 11.1. The summed E-state index contributed by atoms with van der Waals surface area (Å²) in [6.07, 6.45) is 0.521. The first kappa shape index (κ1) is 11.0. The van der Waals surface area contributed by atoms with E-state index >= 15 is 0 Å². The first-order valence-electron chi connectivity index (χ1n) is 4.18. The summed E-state index contributed by atoms with van der Waals surface area (Å²) in [6.45, 7) is 6.11. The van der Waals surface area contributed by atoms with Gasteiger partial charge in [0.25, 0.3) is 0 Å². The Labute approximate surface area is 73.3 Å². The van der Waals surface area contributed by atoms with Crippen LogP contribution in [0.2, 0.25) is 0 Å². The van der Waals surface area contributed by atoms with Crippen molar-refractivity contribution in [1.82, 2.24) is 0 Å². The summed E-state index contributed by atoms with van der Waals surface area (Å²) >= 11 is 0. The molecule has 0 aromatic rings. The third-order valence-corrected chi connectivity index (χ3v) is 1.41. The van der Waals surface area contributed by atoms with Crippen molar-refractivity contribution in [3.8, 4) is 6.07 Å². The van der Waals surface area contributed by atoms with Gasteiger partial charge >= 0.3 is 5.97 Å². The van der Waals surface area contributed by atoms with Crippen LogP contribution in [0.15, 0.2) is 0 Å². The molecular weight excluding hydrogens is 154 g/mol. The molecule has 1 unspecified atom stereocenters. The Morgan fingerprint density at radius 3 is 2.50 bits per heavy atom. The maximum absolute atomic E-state index is 11.1. The number of rotatable bonds is 4. The Hall–Kier alpha value is -1.04. The summed E-state index contributed by atoms with van der Waals surface area (Å²) in [5.41, 5.74) is 0. The Balaban J connectivity index is 3.79. The van der Waals surface area contributed by atoms with E-state index in [1.165, 1.54) is 0 Å². The van der Waals surface area contributed by atoms with Gasteiger partial charge in [0.15, 0.2) is 0 Å². The minimum Gasteiger partial charge on any atom is -0.464 e. The second-order valence-electron chi connectivity index (χ2n) is 3.11. The highest BCUT2D eigenvalue weighted by molar-refractivity contribution is 5.75. The first-order valence-corrected chi connectivity index (χ1v) is 4.18. The molecule has 68 valence electrons. The van der Waals surface area contributed by atoms with Crippen molar-refractivity contribution in [3.05, 3.63) is 0 Å². The molecule has 3 nitrogen and oxygen atoms in total. The molecule has 1 atom stereocenters. The smallest absolute Gasteiger partial charge is 0.323 e. The molecule has 0 saturated heterocycles. The maximum atomic E-state index is 11.1. The predicted octanol–water partition coefficient (Wildman–Crippen LogP) is 1.74. The maximum Gasteiger partial charge on any atom is 0.323 e. The van der Waals surface area contributed by atoms with E-state index in [9.17, 15) is 4.79 Å². The van der Waals surface area contributed by atoms with E-state index in [1.807, 2.05) is 19.9 Å². The van der Waals surface area contributed by atoms with Gasteiger partial charge in [-0.15, -0.1) is 0 Å². The van der Waals surface area contributed by atoms with Gasteiger partial charge in [-0.2, -0.15) is 5.26 Å². The van der Waals surface area contributed by atoms with Crippen molar-refractivity contribution in [1.29, 1.82) is 5.26 Å². The lowest BCUT2D eigenvalue weighted by atomic mass is 10.1. The third kappa shape index (κ3) is 3.97. The Bertz CT molecular complexity index is 181. The molecule has 3 heteroatoms. The number of hydrogen-bond acceptors (Lipinski definition) is 3. The highest BCUT2D eigenvalue weighted by Gasteiger charge is 2.16. The second kappa shape index (κ2) is 5.59. The van der Waals surface area contributed by atoms with E-state index in [0.717, 1.165) is 0 Å². The minimum absolute atomic E-state index is 0.324. The van der Waals surface area contributed by atoms with Crippen molar-refractivity contribution in [2.75, 3.05) is 6.61 Å². The summed E-state index contributed by atoms with van der Waals surface area (Å²) in [5, 5.41) is 8.51. The average molecular weight is 169 g/mol. The standard InChI is InChI=1S/C9H15NO2/c1-4-8(5-10)9(11)12-6-7(2)3/h7-8H,4,6H2,1-3H3. The molecule has 0 radical (unpaired) electrons. The van der Waals surface area contributed by atoms with Crippen molar-refractivity contribution in [2.45, 2.75) is 27.2 Å². The van der Waals surface area contributed by atoms with E-state index in [1.54, 1.807) is 6.92 Å². The molecule has 0 fully saturated rings. The SMILES string of the molecule is CCC(C#N)C(=O)OCC(C)C. The molecule has 12 heavy (non-hydrogen) atoms. The van der Waals surface area contributed by atoms with Gasteiger partial charge in [-0.1, -0.05) is 20.8 Å². The highest BCUT2D eigenvalue weighted by Crippen LogP contribution is 2.04. The van der Waals surface area contributed by atoms with Crippen LogP contribution in [0.5, 0.6) is 0 Å². The normalized spacial score (nSPS) is 12.2. The molecule has 0 aliphatic carbocycles. The largest absolute Gasteiger partial charge is 0.464 e. The fraction of sp³-hybridized carbons (Fsp3) is 0.778. The lowest BCUT2D eigenvalue weighted by molar-refractivity contribution is -0.147. The van der Waals surface area contributed by atoms with Gasteiger partial charge in [0.1, 0.15) is 5.92 Å². The third-order valence-electron chi connectivity index (χ3n) is 1.41. The summed E-state index contributed by atoms with van der Waals surface area (Å²) in [5.74, 6) is -0.664. The number of hydrogen-bond donors (Lipinski definition) is 0. The molecule has 0 amide bonds. The zero-order chi connectivity index (χ0) is 9.56. The number of nitriles is 1. The number of carbonyl (C=O) groups is 1. The van der Waals surface area contributed by atoms with Gasteiger partial charge in [-0.05, 0) is 12.3 Å². The number of esters is 1. The topological polar surface area (TPSA) is 50.1 Å². The lowest BCUT2D eigenvalue weighted by Crippen LogP contribution is -2.17. The second-order valence-corrected chi connectivity index (χ2v) is 3.11. The number of carbonyl (C=O) groups excluding carboxylic acids is 1. The van der Waals surface area contributed by atoms with Gasteiger partial charge in [0.2, 0.25) is 0 Å². The lowest BCUT2D eigenvalue weighted by Gasteiger charge is -2.08. The van der Waals surface area contributed by atoms with Crippen LogP contribution in [0.1, 0.15) is 27.2 Å². The average Bonchev–Trinajstić information content (AvgIpc) is 2.03. The van der Waals surface area contributed by atoms with E-state index in [0.29, 0.717) is 18.9 Å². The van der Waals surface area contributed by atoms with Crippen LogP contribution in [-0.4, -0.2) is 12.6 Å². The molecule has 0 heterocycles. The first-order chi connectivity index (χ1) is 5.61. The van der Waals surface area contributed by atoms with E-state index in [-0.39, 0.29) is 0 Å². The number of ether oxygens (including phenoxy) is 1. The van der Waals surface area contributed by atoms with Crippen molar-refractivity contribution in [3.63, 3.8) is 0 Å². The quantitative estimate of drug-likeness (QED) is 0.602. The molecule has 0 aliphatic rings. The van der Waals surface area contributed by atoms with E-state index in [4.69, 9.17) is 10.00 Å². The van der Waals surface area contributed by atoms with Crippen LogP contribution >= 0.6 is 0 Å². The monoisotopic (exact) mass is 169 g/mol. The van der Waals surface area contributed by atoms with Gasteiger partial charge in [0, 0.05) is 0 Å². The predicted molar refractivity (Wildman–Crippen MR) is 45.2 cm³/mol. The van der Waals surface area contributed by atoms with Gasteiger partial charge in [-0.25, -0.2) is 0 Å². The molecule has 0 spiro atoms. The van der Waals surface area contributed by atoms with E-state index < -0.39 is 11.9 Å². The van der Waals surface area contributed by atoms with Crippen LogP contribution in [0, 0.1) is 23.2 Å². The van der Waals surface area contributed by atoms with Crippen LogP contribution in [0.4, 0.5) is 0 Å². The van der Waals surface area contributed by atoms with Gasteiger partial charge < -0.3 is 4.74 Å². The van der Waals surface area contributed by atoms with Crippen LogP contribution < -0.4 is 0 Å². The highest BCUT2D eigenvalue weighted by atomic mass is 16.5.